The second-order valence-electron chi connectivity index (χ2n) is 10.8. The Balaban J connectivity index is 1.21. The highest BCUT2D eigenvalue weighted by Crippen LogP contribution is 2.27. The molecular formula is C28H42FN5O3. The number of nitrogens with one attached hydrogen (secondary N) is 2. The van der Waals surface area contributed by atoms with Crippen LogP contribution in [-0.4, -0.2) is 79.4 Å². The highest BCUT2D eigenvalue weighted by Gasteiger charge is 2.29. The second-order valence-corrected chi connectivity index (χ2v) is 10.8. The van der Waals surface area contributed by atoms with E-state index in [1.807, 2.05) is 0 Å². The predicted molar refractivity (Wildman–Crippen MR) is 143 cm³/mol. The summed E-state index contributed by atoms with van der Waals surface area (Å²) in [5.74, 6) is 0.189. The third kappa shape index (κ3) is 7.00. The minimum atomic E-state index is -0.527. The first-order chi connectivity index (χ1) is 17.9. The van der Waals surface area contributed by atoms with Crippen LogP contribution in [0.1, 0.15) is 58.8 Å². The van der Waals surface area contributed by atoms with Gasteiger partial charge in [0.1, 0.15) is 11.9 Å². The maximum absolute atomic E-state index is 15.0. The van der Waals surface area contributed by atoms with Gasteiger partial charge in [-0.25, -0.2) is 4.39 Å². The number of carbonyl (C=O) groups excluding carboxylic acids is 3. The molecule has 3 amide bonds. The quantitative estimate of drug-likeness (QED) is 0.492. The molecule has 0 spiro atoms. The first kappa shape index (κ1) is 27.4. The molecule has 2 N–H and O–H groups in total. The van der Waals surface area contributed by atoms with Gasteiger partial charge >= 0.3 is 0 Å². The highest BCUT2D eigenvalue weighted by atomic mass is 19.1. The molecule has 9 heteroatoms. The zero-order valence-corrected chi connectivity index (χ0v) is 22.3. The van der Waals surface area contributed by atoms with Gasteiger partial charge in [-0.2, -0.15) is 0 Å². The van der Waals surface area contributed by atoms with Crippen LogP contribution >= 0.6 is 0 Å². The van der Waals surface area contributed by atoms with Gasteiger partial charge in [-0.1, -0.05) is 20.3 Å². The molecule has 3 saturated heterocycles. The van der Waals surface area contributed by atoms with Crippen LogP contribution in [-0.2, 0) is 14.4 Å². The first-order valence-corrected chi connectivity index (χ1v) is 14.0. The van der Waals surface area contributed by atoms with Crippen molar-refractivity contribution in [1.29, 1.82) is 0 Å². The van der Waals surface area contributed by atoms with E-state index in [-0.39, 0.29) is 30.0 Å². The molecule has 0 bridgehead atoms. The second kappa shape index (κ2) is 12.7. The van der Waals surface area contributed by atoms with Gasteiger partial charge in [0.15, 0.2) is 0 Å². The van der Waals surface area contributed by atoms with Crippen LogP contribution in [0.2, 0.25) is 0 Å². The summed E-state index contributed by atoms with van der Waals surface area (Å²) in [5, 5.41) is 5.36. The van der Waals surface area contributed by atoms with Crippen molar-refractivity contribution in [2.24, 2.45) is 11.8 Å². The van der Waals surface area contributed by atoms with Gasteiger partial charge < -0.3 is 15.1 Å². The maximum Gasteiger partial charge on any atom is 0.249 e. The number of nitrogens with zero attached hydrogens (tertiary/aromatic N) is 3. The summed E-state index contributed by atoms with van der Waals surface area (Å²) in [6.07, 6.45) is 5.78. The van der Waals surface area contributed by atoms with E-state index in [0.717, 1.165) is 77.9 Å². The van der Waals surface area contributed by atoms with Crippen molar-refractivity contribution in [2.45, 2.75) is 64.8 Å². The average Bonchev–Trinajstić information content (AvgIpc) is 2.90. The Hall–Kier alpha value is -2.68. The van der Waals surface area contributed by atoms with Crippen molar-refractivity contribution in [1.82, 2.24) is 15.1 Å². The SMILES string of the molecule is CCCC(CC)C(=O)N1CCC(CN2CCN(c3ccc(NC4CCC(=O)NC4=O)cc3F)CC2)CC1. The number of imide groups is 1. The van der Waals surface area contributed by atoms with Crippen molar-refractivity contribution < 1.29 is 18.8 Å². The number of amides is 3. The van der Waals surface area contributed by atoms with E-state index in [0.29, 0.717) is 29.6 Å². The molecule has 2 unspecified atom stereocenters. The first-order valence-electron chi connectivity index (χ1n) is 14.0. The molecule has 0 aromatic heterocycles. The molecule has 1 aromatic carbocycles. The zero-order chi connectivity index (χ0) is 26.4. The monoisotopic (exact) mass is 515 g/mol. The number of benzene rings is 1. The third-order valence-corrected chi connectivity index (χ3v) is 8.16. The van der Waals surface area contributed by atoms with Gasteiger partial charge in [-0.15, -0.1) is 0 Å². The number of piperidine rings is 2. The smallest absolute Gasteiger partial charge is 0.249 e. The minimum Gasteiger partial charge on any atom is -0.374 e. The number of likely N-dealkylation sites (tertiary alicyclic amines) is 1. The van der Waals surface area contributed by atoms with Gasteiger partial charge in [-0.05, 0) is 56.2 Å². The molecule has 4 rings (SSSR count). The number of anilines is 2. The summed E-state index contributed by atoms with van der Waals surface area (Å²) in [4.78, 5) is 42.7. The van der Waals surface area contributed by atoms with Crippen LogP contribution in [0.4, 0.5) is 15.8 Å². The summed E-state index contributed by atoms with van der Waals surface area (Å²) in [7, 11) is 0. The largest absolute Gasteiger partial charge is 0.374 e. The third-order valence-electron chi connectivity index (χ3n) is 8.16. The lowest BCUT2D eigenvalue weighted by Gasteiger charge is -2.40. The Kier molecular flexibility index (Phi) is 9.40. The zero-order valence-electron chi connectivity index (χ0n) is 22.3. The Morgan fingerprint density at radius 1 is 1.08 bits per heavy atom. The van der Waals surface area contributed by atoms with Gasteiger partial charge in [-0.3, -0.25) is 24.6 Å². The molecule has 0 radical (unpaired) electrons. The van der Waals surface area contributed by atoms with E-state index in [4.69, 9.17) is 0 Å². The van der Waals surface area contributed by atoms with Crippen LogP contribution in [0.15, 0.2) is 18.2 Å². The number of hydrogen-bond donors (Lipinski definition) is 2. The molecule has 3 heterocycles. The molecule has 0 saturated carbocycles. The minimum absolute atomic E-state index is 0.178. The molecule has 8 nitrogen and oxygen atoms in total. The number of halogens is 1. The van der Waals surface area contributed by atoms with Crippen LogP contribution in [0.25, 0.3) is 0 Å². The summed E-state index contributed by atoms with van der Waals surface area (Å²) < 4.78 is 15.0. The van der Waals surface area contributed by atoms with Gasteiger partial charge in [0.25, 0.3) is 0 Å². The lowest BCUT2D eigenvalue weighted by Crippen LogP contribution is -2.49. The van der Waals surface area contributed by atoms with E-state index >= 15 is 0 Å². The standard InChI is InChI=1S/C28H42FN5O3/c1-3-5-21(4-2)28(37)34-12-10-20(11-13-34)19-32-14-16-33(17-15-32)25-8-6-22(18-23(25)29)30-24-7-9-26(35)31-27(24)36/h6,8,18,20-21,24,30H,3-5,7,9-17,19H2,1-2H3,(H,31,35,36). The fraction of sp³-hybridized carbons (Fsp3) is 0.679. The summed E-state index contributed by atoms with van der Waals surface area (Å²) in [6.45, 7) is 10.4. The Morgan fingerprint density at radius 2 is 1.81 bits per heavy atom. The summed E-state index contributed by atoms with van der Waals surface area (Å²) in [6, 6.07) is 4.48. The number of rotatable bonds is 9. The van der Waals surface area contributed by atoms with E-state index in [1.165, 1.54) is 6.07 Å². The van der Waals surface area contributed by atoms with Crippen LogP contribution in [0, 0.1) is 17.7 Å². The van der Waals surface area contributed by atoms with E-state index in [2.05, 4.69) is 39.2 Å². The molecule has 3 fully saturated rings. The predicted octanol–water partition coefficient (Wildman–Crippen LogP) is 3.23. The Labute approximate surface area is 219 Å². The lowest BCUT2D eigenvalue weighted by molar-refractivity contribution is -0.137. The van der Waals surface area contributed by atoms with Crippen molar-refractivity contribution in [2.75, 3.05) is 56.0 Å². The lowest BCUT2D eigenvalue weighted by atomic mass is 9.93. The fourth-order valence-electron chi connectivity index (χ4n) is 5.87. The van der Waals surface area contributed by atoms with Crippen molar-refractivity contribution in [3.05, 3.63) is 24.0 Å². The van der Waals surface area contributed by atoms with Crippen LogP contribution in [0.3, 0.4) is 0 Å². The van der Waals surface area contributed by atoms with Gasteiger partial charge in [0, 0.05) is 63.8 Å². The average molecular weight is 516 g/mol. The van der Waals surface area contributed by atoms with E-state index < -0.39 is 6.04 Å². The van der Waals surface area contributed by atoms with Crippen LogP contribution in [0.5, 0.6) is 0 Å². The Bertz CT molecular complexity index is 957. The fourth-order valence-corrected chi connectivity index (χ4v) is 5.87. The number of piperazine rings is 1. The van der Waals surface area contributed by atoms with Gasteiger partial charge in [0.05, 0.1) is 5.69 Å². The van der Waals surface area contributed by atoms with E-state index in [1.54, 1.807) is 12.1 Å². The molecule has 3 aliphatic rings. The molecule has 2 atom stereocenters. The van der Waals surface area contributed by atoms with E-state index in [9.17, 15) is 18.8 Å². The molecule has 204 valence electrons. The number of carbonyl (C=O) groups is 3. The summed E-state index contributed by atoms with van der Waals surface area (Å²) in [5.41, 5.74) is 1.12. The maximum atomic E-state index is 15.0. The molecule has 3 aliphatic heterocycles. The molecule has 1 aromatic rings. The number of hydrogen-bond acceptors (Lipinski definition) is 6. The Morgan fingerprint density at radius 3 is 2.43 bits per heavy atom. The van der Waals surface area contributed by atoms with Crippen molar-refractivity contribution in [3.8, 4) is 0 Å². The van der Waals surface area contributed by atoms with Crippen molar-refractivity contribution in [3.63, 3.8) is 0 Å². The molecular weight excluding hydrogens is 473 g/mol. The molecule has 0 aliphatic carbocycles. The topological polar surface area (TPSA) is 85.0 Å². The normalized spacial score (nSPS) is 22.6. The van der Waals surface area contributed by atoms with Gasteiger partial charge in [0.2, 0.25) is 17.7 Å². The molecule has 37 heavy (non-hydrogen) atoms. The highest BCUT2D eigenvalue weighted by molar-refractivity contribution is 6.01. The summed E-state index contributed by atoms with van der Waals surface area (Å²) >= 11 is 0. The van der Waals surface area contributed by atoms with Crippen LogP contribution < -0.4 is 15.5 Å². The van der Waals surface area contributed by atoms with Crippen molar-refractivity contribution >= 4 is 29.1 Å².